The van der Waals surface area contributed by atoms with Gasteiger partial charge in [0.2, 0.25) is 0 Å². The molecule has 1 aliphatic rings. The van der Waals surface area contributed by atoms with Gasteiger partial charge in [-0.05, 0) is 42.8 Å². The molecule has 2 heterocycles. The molecular weight excluding hydrogens is 495 g/mol. The van der Waals surface area contributed by atoms with Gasteiger partial charge in [-0.1, -0.05) is 48.6 Å². The number of nitrogens with zero attached hydrogens (tertiary/aromatic N) is 2. The van der Waals surface area contributed by atoms with Gasteiger partial charge in [-0.2, -0.15) is 0 Å². The van der Waals surface area contributed by atoms with Crippen molar-refractivity contribution in [3.63, 3.8) is 0 Å². The summed E-state index contributed by atoms with van der Waals surface area (Å²) in [6.45, 7) is 2.45. The topological polar surface area (TPSA) is 89.0 Å². The average Bonchev–Trinajstić information content (AvgIpc) is 3.45. The van der Waals surface area contributed by atoms with Crippen LogP contribution in [0.2, 0.25) is 0 Å². The first-order valence-electron chi connectivity index (χ1n) is 11.7. The molecule has 0 aliphatic carbocycles. The number of aliphatic hydroxyl groups is 1. The number of anilines is 1. The number of methoxy groups -OCH3 is 1. The number of rotatable bonds is 7. The van der Waals surface area contributed by atoms with Crippen molar-refractivity contribution in [1.82, 2.24) is 4.98 Å². The molecule has 4 aromatic rings. The molecule has 1 aliphatic heterocycles. The first-order valence-corrected chi connectivity index (χ1v) is 12.5. The minimum absolute atomic E-state index is 0.0680. The van der Waals surface area contributed by atoms with E-state index in [0.717, 1.165) is 16.0 Å². The van der Waals surface area contributed by atoms with Gasteiger partial charge in [-0.25, -0.2) is 9.37 Å². The van der Waals surface area contributed by atoms with Crippen LogP contribution in [0.4, 0.5) is 9.52 Å². The molecule has 37 heavy (non-hydrogen) atoms. The molecule has 3 aromatic carbocycles. The number of fused-ring (bicyclic) bond motifs is 1. The van der Waals surface area contributed by atoms with Gasteiger partial charge >= 0.3 is 5.91 Å². The third-order valence-corrected chi connectivity index (χ3v) is 7.03. The van der Waals surface area contributed by atoms with Crippen molar-refractivity contribution in [3.05, 3.63) is 89.2 Å². The monoisotopic (exact) mass is 518 g/mol. The van der Waals surface area contributed by atoms with Gasteiger partial charge in [0, 0.05) is 11.1 Å². The summed E-state index contributed by atoms with van der Waals surface area (Å²) in [5.41, 5.74) is 0.718. The quantitative estimate of drug-likeness (QED) is 0.187. The lowest BCUT2D eigenvalue weighted by atomic mass is 9.95. The van der Waals surface area contributed by atoms with Crippen molar-refractivity contribution in [2.75, 3.05) is 18.6 Å². The smallest absolute Gasteiger partial charge is 0.301 e. The summed E-state index contributed by atoms with van der Waals surface area (Å²) in [7, 11) is 1.54. The Hall–Kier alpha value is -4.24. The number of ketones is 1. The highest BCUT2D eigenvalue weighted by Crippen LogP contribution is 2.45. The van der Waals surface area contributed by atoms with Crippen LogP contribution in [-0.4, -0.2) is 35.5 Å². The zero-order chi connectivity index (χ0) is 26.1. The summed E-state index contributed by atoms with van der Waals surface area (Å²) in [6.07, 6.45) is 0.794. The summed E-state index contributed by atoms with van der Waals surface area (Å²) >= 11 is 1.17. The Morgan fingerprint density at radius 1 is 1.08 bits per heavy atom. The molecule has 1 N–H and O–H groups in total. The fourth-order valence-electron chi connectivity index (χ4n) is 4.25. The van der Waals surface area contributed by atoms with Gasteiger partial charge in [0.15, 0.2) is 5.13 Å². The van der Waals surface area contributed by atoms with Gasteiger partial charge in [0.1, 0.15) is 29.1 Å². The van der Waals surface area contributed by atoms with E-state index in [-0.39, 0.29) is 21.8 Å². The van der Waals surface area contributed by atoms with Gasteiger partial charge in [0.25, 0.3) is 5.78 Å². The molecule has 1 fully saturated rings. The van der Waals surface area contributed by atoms with Crippen LogP contribution >= 0.6 is 11.3 Å². The maximum atomic E-state index is 15.1. The maximum absolute atomic E-state index is 15.1. The maximum Gasteiger partial charge on any atom is 0.301 e. The molecule has 7 nitrogen and oxygen atoms in total. The van der Waals surface area contributed by atoms with E-state index in [1.807, 2.05) is 6.92 Å². The Morgan fingerprint density at radius 3 is 2.65 bits per heavy atom. The molecule has 0 saturated carbocycles. The number of amides is 1. The Balaban J connectivity index is 1.69. The minimum atomic E-state index is -1.22. The lowest BCUT2D eigenvalue weighted by molar-refractivity contribution is -0.132. The Bertz CT molecular complexity index is 1550. The van der Waals surface area contributed by atoms with Gasteiger partial charge in [-0.3, -0.25) is 14.5 Å². The molecule has 0 spiro atoms. The van der Waals surface area contributed by atoms with Crippen LogP contribution in [0.5, 0.6) is 11.5 Å². The molecule has 0 bridgehead atoms. The van der Waals surface area contributed by atoms with Crippen LogP contribution in [0.15, 0.2) is 72.3 Å². The van der Waals surface area contributed by atoms with E-state index in [1.165, 1.54) is 29.5 Å². The van der Waals surface area contributed by atoms with Gasteiger partial charge in [0.05, 0.1) is 29.5 Å². The van der Waals surface area contributed by atoms with Crippen LogP contribution in [-0.2, 0) is 9.59 Å². The minimum Gasteiger partial charge on any atom is -0.507 e. The Labute approximate surface area is 216 Å². The van der Waals surface area contributed by atoms with Gasteiger partial charge in [-0.15, -0.1) is 0 Å². The van der Waals surface area contributed by atoms with Crippen molar-refractivity contribution in [1.29, 1.82) is 0 Å². The third-order valence-electron chi connectivity index (χ3n) is 6.01. The van der Waals surface area contributed by atoms with E-state index in [2.05, 4.69) is 4.98 Å². The fraction of sp³-hybridized carbons (Fsp3) is 0.179. The van der Waals surface area contributed by atoms with Crippen molar-refractivity contribution in [3.8, 4) is 11.5 Å². The number of carbonyl (C=O) groups is 2. The van der Waals surface area contributed by atoms with Crippen molar-refractivity contribution < 1.29 is 28.6 Å². The van der Waals surface area contributed by atoms with E-state index < -0.39 is 29.3 Å². The SMILES string of the molecule is CCCOc1cccc(C(O)=C2C(=O)C(=O)N(c3nc4ccc(OC)cc4s3)C2c2ccccc2F)c1. The summed E-state index contributed by atoms with van der Waals surface area (Å²) < 4.78 is 26.8. The standard InChI is InChI=1S/C28H23FN2O5S/c1-3-13-36-18-8-6-7-16(14-18)25(32)23-24(19-9-4-5-10-20(19)29)31(27(34)26(23)33)28-30-21-12-11-17(35-2)15-22(21)37-28/h4-12,14-15,24,32H,3,13H2,1-2H3. The normalized spacial score (nSPS) is 16.9. The molecule has 1 atom stereocenters. The Kier molecular flexibility index (Phi) is 6.62. The van der Waals surface area contributed by atoms with E-state index in [0.29, 0.717) is 23.6 Å². The average molecular weight is 519 g/mol. The number of hydrogen-bond donors (Lipinski definition) is 1. The van der Waals surface area contributed by atoms with Crippen LogP contribution < -0.4 is 14.4 Å². The first kappa shape index (κ1) is 24.5. The number of aromatic nitrogens is 1. The Morgan fingerprint density at radius 2 is 1.89 bits per heavy atom. The van der Waals surface area contributed by atoms with E-state index in [1.54, 1.807) is 55.6 Å². The zero-order valence-electron chi connectivity index (χ0n) is 20.1. The van der Waals surface area contributed by atoms with Crippen molar-refractivity contribution in [2.45, 2.75) is 19.4 Å². The molecule has 1 unspecified atom stereocenters. The van der Waals surface area contributed by atoms with Crippen molar-refractivity contribution >= 4 is 44.1 Å². The predicted octanol–water partition coefficient (Wildman–Crippen LogP) is 5.86. The van der Waals surface area contributed by atoms with E-state index >= 15 is 4.39 Å². The predicted molar refractivity (Wildman–Crippen MR) is 140 cm³/mol. The second-order valence-electron chi connectivity index (χ2n) is 8.40. The van der Waals surface area contributed by atoms with Crippen LogP contribution in [0.1, 0.15) is 30.5 Å². The lowest BCUT2D eigenvalue weighted by Gasteiger charge is -2.23. The fourth-order valence-corrected chi connectivity index (χ4v) is 5.27. The number of Topliss-reactive ketones (excluding diaryl/α,β-unsaturated/α-hetero) is 1. The first-order chi connectivity index (χ1) is 17.9. The number of halogens is 1. The van der Waals surface area contributed by atoms with Crippen LogP contribution in [0.25, 0.3) is 16.0 Å². The number of hydrogen-bond acceptors (Lipinski definition) is 7. The van der Waals surface area contributed by atoms with E-state index in [4.69, 9.17) is 9.47 Å². The number of ether oxygens (including phenoxy) is 2. The highest BCUT2D eigenvalue weighted by molar-refractivity contribution is 7.22. The molecule has 1 amide bonds. The molecule has 0 radical (unpaired) electrons. The lowest BCUT2D eigenvalue weighted by Crippen LogP contribution is -2.29. The molecule has 9 heteroatoms. The third kappa shape index (κ3) is 4.42. The van der Waals surface area contributed by atoms with Crippen LogP contribution in [0.3, 0.4) is 0 Å². The largest absolute Gasteiger partial charge is 0.507 e. The summed E-state index contributed by atoms with van der Waals surface area (Å²) in [4.78, 5) is 32.4. The molecule has 1 aromatic heterocycles. The number of thiazole rings is 1. The molecule has 188 valence electrons. The number of aliphatic hydroxyl groups excluding tert-OH is 1. The second-order valence-corrected chi connectivity index (χ2v) is 9.41. The molecular formula is C28H23FN2O5S. The second kappa shape index (κ2) is 10.0. The number of benzene rings is 3. The van der Waals surface area contributed by atoms with Crippen LogP contribution in [0, 0.1) is 5.82 Å². The highest BCUT2D eigenvalue weighted by atomic mass is 32.1. The highest BCUT2D eigenvalue weighted by Gasteiger charge is 2.49. The summed E-state index contributed by atoms with van der Waals surface area (Å²) in [5, 5.41) is 11.5. The summed E-state index contributed by atoms with van der Waals surface area (Å²) in [5.74, 6) is -1.75. The number of carbonyl (C=O) groups excluding carboxylic acids is 2. The van der Waals surface area contributed by atoms with E-state index in [9.17, 15) is 14.7 Å². The molecule has 1 saturated heterocycles. The molecule has 5 rings (SSSR count). The van der Waals surface area contributed by atoms with Gasteiger partial charge < -0.3 is 14.6 Å². The van der Waals surface area contributed by atoms with Crippen molar-refractivity contribution in [2.24, 2.45) is 0 Å². The summed E-state index contributed by atoms with van der Waals surface area (Å²) in [6, 6.07) is 16.5. The zero-order valence-corrected chi connectivity index (χ0v) is 20.9.